The van der Waals surface area contributed by atoms with Crippen molar-refractivity contribution in [2.45, 2.75) is 51.2 Å². The molecule has 0 saturated heterocycles. The van der Waals surface area contributed by atoms with Crippen LogP contribution >= 0.6 is 11.8 Å². The average Bonchev–Trinajstić information content (AvgIpc) is 3.21. The number of fused-ring (bicyclic) bond motifs is 3. The fourth-order valence-electron chi connectivity index (χ4n) is 5.05. The molecule has 11 nitrogen and oxygen atoms in total. The first-order valence-electron chi connectivity index (χ1n) is 13.5. The van der Waals surface area contributed by atoms with Crippen LogP contribution in [-0.4, -0.2) is 70.3 Å². The first-order chi connectivity index (χ1) is 20.1. The number of carbonyl (C=O) groups excluding carboxylic acids is 3. The van der Waals surface area contributed by atoms with E-state index in [-0.39, 0.29) is 17.0 Å². The second kappa shape index (κ2) is 14.8. The van der Waals surface area contributed by atoms with E-state index in [1.54, 1.807) is 37.9 Å². The summed E-state index contributed by atoms with van der Waals surface area (Å²) in [5.41, 5.74) is 2.70. The molecule has 0 bridgehead atoms. The molecular formula is C30H39N3O8S. The Morgan fingerprint density at radius 1 is 1.05 bits per heavy atom. The van der Waals surface area contributed by atoms with Gasteiger partial charge in [0.1, 0.15) is 12.1 Å². The molecule has 3 rings (SSSR count). The molecule has 2 amide bonds. The largest absolute Gasteiger partial charge is 0.493 e. The third-order valence-corrected chi connectivity index (χ3v) is 7.74. The first-order valence-corrected chi connectivity index (χ1v) is 14.9. The predicted molar refractivity (Wildman–Crippen MR) is 163 cm³/mol. The minimum atomic E-state index is -0.848. The monoisotopic (exact) mass is 601 g/mol. The average molecular weight is 602 g/mol. The second-order valence-corrected chi connectivity index (χ2v) is 10.8. The van der Waals surface area contributed by atoms with Crippen molar-refractivity contribution in [3.05, 3.63) is 45.6 Å². The number of ether oxygens (including phenoxy) is 4. The number of amides is 2. The number of methoxy groups -OCH3 is 4. The van der Waals surface area contributed by atoms with Crippen LogP contribution in [0, 0.1) is 0 Å². The van der Waals surface area contributed by atoms with Gasteiger partial charge in [-0.05, 0) is 73.1 Å². The number of aryl methyl sites for hydroxylation is 1. The maximum Gasteiger partial charge on any atom is 0.328 e. The Morgan fingerprint density at radius 3 is 2.36 bits per heavy atom. The fraction of sp³-hybridized carbons (Fsp3) is 0.467. The van der Waals surface area contributed by atoms with Crippen molar-refractivity contribution in [2.75, 3.05) is 45.8 Å². The molecule has 0 saturated carbocycles. The summed E-state index contributed by atoms with van der Waals surface area (Å²) in [6.07, 6.45) is 3.41. The molecule has 0 spiro atoms. The van der Waals surface area contributed by atoms with Gasteiger partial charge in [0.05, 0.1) is 40.2 Å². The number of hydrogen-bond acceptors (Lipinski definition) is 10. The van der Waals surface area contributed by atoms with Gasteiger partial charge in [0.15, 0.2) is 11.5 Å². The lowest BCUT2D eigenvalue weighted by atomic mass is 9.95. The first kappa shape index (κ1) is 32.6. The Kier molecular flexibility index (Phi) is 11.5. The molecule has 1 aliphatic carbocycles. The Hall–Kier alpha value is -3.93. The summed E-state index contributed by atoms with van der Waals surface area (Å²) in [6, 6.07) is 4.62. The standard InChI is InChI=1S/C30H39N3O8S/c1-16(29(36)33-23(12-13-42-7)30(37)41-6)31-22-11-9-19-20(15-24(22)35)21(32-17(2)34)10-8-18-14-25(38-3)27(39-4)28(40-5)26(18)19/h9,11,14-16,21,23H,8,10,12-13H2,1-7H3,(H,31,35)(H,32,34)(H,33,36). The zero-order valence-corrected chi connectivity index (χ0v) is 25.9. The van der Waals surface area contributed by atoms with Crippen LogP contribution in [0.25, 0.3) is 11.1 Å². The van der Waals surface area contributed by atoms with Gasteiger partial charge < -0.3 is 34.9 Å². The predicted octanol–water partition coefficient (Wildman–Crippen LogP) is 3.07. The highest BCUT2D eigenvalue weighted by Gasteiger charge is 2.30. The fourth-order valence-corrected chi connectivity index (χ4v) is 5.52. The van der Waals surface area contributed by atoms with E-state index in [0.717, 1.165) is 11.1 Å². The maximum absolute atomic E-state index is 13.5. The molecule has 0 heterocycles. The second-order valence-electron chi connectivity index (χ2n) is 9.83. The third kappa shape index (κ3) is 7.28. The zero-order valence-electron chi connectivity index (χ0n) is 25.0. The lowest BCUT2D eigenvalue weighted by Gasteiger charge is -2.20. The van der Waals surface area contributed by atoms with Crippen molar-refractivity contribution < 1.29 is 33.3 Å². The Morgan fingerprint density at radius 2 is 1.76 bits per heavy atom. The van der Waals surface area contributed by atoms with Crippen molar-refractivity contribution in [3.63, 3.8) is 0 Å². The van der Waals surface area contributed by atoms with Crippen molar-refractivity contribution in [1.29, 1.82) is 0 Å². The Labute approximate surface area is 250 Å². The number of hydrogen-bond donors (Lipinski definition) is 3. The molecule has 1 aliphatic rings. The van der Waals surface area contributed by atoms with E-state index in [0.29, 0.717) is 53.4 Å². The van der Waals surface area contributed by atoms with Gasteiger partial charge >= 0.3 is 5.97 Å². The highest BCUT2D eigenvalue weighted by atomic mass is 32.2. The number of nitrogens with one attached hydrogen (secondary N) is 3. The van der Waals surface area contributed by atoms with Crippen LogP contribution in [0.2, 0.25) is 0 Å². The molecule has 0 aliphatic heterocycles. The molecule has 0 fully saturated rings. The van der Waals surface area contributed by atoms with Crippen LogP contribution in [0.5, 0.6) is 17.2 Å². The van der Waals surface area contributed by atoms with E-state index in [1.807, 2.05) is 12.3 Å². The number of benzene rings is 1. The smallest absolute Gasteiger partial charge is 0.328 e. The van der Waals surface area contributed by atoms with Gasteiger partial charge in [-0.15, -0.1) is 0 Å². The Balaban J connectivity index is 2.09. The van der Waals surface area contributed by atoms with Gasteiger partial charge in [0.25, 0.3) is 0 Å². The van der Waals surface area contributed by atoms with Gasteiger partial charge in [0, 0.05) is 12.5 Å². The van der Waals surface area contributed by atoms with E-state index >= 15 is 0 Å². The van der Waals surface area contributed by atoms with Gasteiger partial charge in [-0.2, -0.15) is 11.8 Å². The van der Waals surface area contributed by atoms with Gasteiger partial charge in [-0.3, -0.25) is 14.4 Å². The highest BCUT2D eigenvalue weighted by Crippen LogP contribution is 2.50. The maximum atomic E-state index is 13.5. The molecule has 2 aromatic carbocycles. The topological polar surface area (TPSA) is 141 Å². The summed E-state index contributed by atoms with van der Waals surface area (Å²) in [7, 11) is 5.87. The number of thioether (sulfide) groups is 1. The van der Waals surface area contributed by atoms with Crippen molar-refractivity contribution in [2.24, 2.45) is 0 Å². The van der Waals surface area contributed by atoms with Gasteiger partial charge in [-0.25, -0.2) is 4.79 Å². The molecule has 42 heavy (non-hydrogen) atoms. The third-order valence-electron chi connectivity index (χ3n) is 7.09. The molecule has 3 atom stereocenters. The number of rotatable bonds is 12. The minimum absolute atomic E-state index is 0.173. The van der Waals surface area contributed by atoms with Crippen LogP contribution in [0.15, 0.2) is 29.1 Å². The number of anilines is 1. The molecule has 3 N–H and O–H groups in total. The number of esters is 1. The van der Waals surface area contributed by atoms with Crippen LogP contribution < -0.4 is 35.6 Å². The van der Waals surface area contributed by atoms with E-state index in [4.69, 9.17) is 18.9 Å². The molecule has 0 aromatic heterocycles. The summed E-state index contributed by atoms with van der Waals surface area (Å²) < 4.78 is 21.8. The van der Waals surface area contributed by atoms with Crippen LogP contribution in [0.3, 0.4) is 0 Å². The highest BCUT2D eigenvalue weighted by molar-refractivity contribution is 7.98. The lowest BCUT2D eigenvalue weighted by molar-refractivity contribution is -0.145. The Bertz CT molecular complexity index is 1380. The van der Waals surface area contributed by atoms with Gasteiger partial charge in [-0.1, -0.05) is 6.07 Å². The molecule has 12 heteroatoms. The number of carbonyl (C=O) groups is 3. The summed E-state index contributed by atoms with van der Waals surface area (Å²) in [5.74, 6) is 0.777. The van der Waals surface area contributed by atoms with E-state index in [1.165, 1.54) is 34.3 Å². The SMILES string of the molecule is COC(=O)C(CCSC)NC(=O)C(C)Nc1ccc2c(cc1=O)C(NC(C)=O)CCc1cc(OC)c(OC)c(OC)c1-2. The van der Waals surface area contributed by atoms with E-state index in [2.05, 4.69) is 16.0 Å². The zero-order chi connectivity index (χ0) is 31.0. The summed E-state index contributed by atoms with van der Waals surface area (Å²) >= 11 is 1.55. The van der Waals surface area contributed by atoms with Crippen molar-refractivity contribution in [1.82, 2.24) is 10.6 Å². The molecule has 2 aromatic rings. The van der Waals surface area contributed by atoms with Crippen molar-refractivity contribution in [3.8, 4) is 28.4 Å². The molecule has 0 radical (unpaired) electrons. The normalized spacial score (nSPS) is 15.1. The summed E-state index contributed by atoms with van der Waals surface area (Å²) in [4.78, 5) is 50.9. The molecule has 3 unspecified atom stereocenters. The minimum Gasteiger partial charge on any atom is -0.493 e. The van der Waals surface area contributed by atoms with E-state index in [9.17, 15) is 19.2 Å². The van der Waals surface area contributed by atoms with Crippen molar-refractivity contribution >= 4 is 35.2 Å². The molecular weight excluding hydrogens is 562 g/mol. The van der Waals surface area contributed by atoms with Crippen LogP contribution in [-0.2, 0) is 25.5 Å². The van der Waals surface area contributed by atoms with Gasteiger partial charge in [0.2, 0.25) is 23.0 Å². The molecule has 228 valence electrons. The summed E-state index contributed by atoms with van der Waals surface area (Å²) in [6.45, 7) is 3.03. The summed E-state index contributed by atoms with van der Waals surface area (Å²) in [5, 5.41) is 8.67. The van der Waals surface area contributed by atoms with Crippen LogP contribution in [0.4, 0.5) is 5.69 Å². The lowest BCUT2D eigenvalue weighted by Crippen LogP contribution is -2.47. The quantitative estimate of drug-likeness (QED) is 0.311. The van der Waals surface area contributed by atoms with Crippen LogP contribution in [0.1, 0.15) is 43.9 Å². The van der Waals surface area contributed by atoms with E-state index < -0.39 is 30.0 Å².